The minimum atomic E-state index is 0.235. The lowest BCUT2D eigenvalue weighted by Crippen LogP contribution is -2.17. The largest absolute Gasteiger partial charge is 0.456 e. The summed E-state index contributed by atoms with van der Waals surface area (Å²) in [7, 11) is 0. The molecule has 0 N–H and O–H groups in total. The van der Waals surface area contributed by atoms with E-state index in [1.807, 2.05) is 6.07 Å². The fourth-order valence-electron chi connectivity index (χ4n) is 9.51. The summed E-state index contributed by atoms with van der Waals surface area (Å²) in [5, 5.41) is 4.94. The van der Waals surface area contributed by atoms with Crippen LogP contribution in [0.15, 0.2) is 180 Å². The first-order chi connectivity index (χ1) is 26.3. The fraction of sp³-hybridized carbons (Fsp3) is 0.0400. The SMILES string of the molecule is c1ccc(N(c2ccccc2)c2cc3c4c(c2)-c2cccc5c2c2c(cccc2n5-c2ccc5oc6ccccc6c5c2)C(C4)c2ccccc2-3)cc1. The van der Waals surface area contributed by atoms with Crippen molar-refractivity contribution in [2.24, 2.45) is 0 Å². The van der Waals surface area contributed by atoms with E-state index in [9.17, 15) is 0 Å². The molecule has 0 amide bonds. The van der Waals surface area contributed by atoms with Crippen LogP contribution in [-0.2, 0) is 6.42 Å². The minimum Gasteiger partial charge on any atom is -0.456 e. The zero-order chi connectivity index (χ0) is 34.6. The van der Waals surface area contributed by atoms with Gasteiger partial charge in [-0.2, -0.15) is 0 Å². The number of hydrogen-bond acceptors (Lipinski definition) is 2. The van der Waals surface area contributed by atoms with Gasteiger partial charge in [0.2, 0.25) is 0 Å². The number of hydrogen-bond donors (Lipinski definition) is 0. The number of aromatic nitrogens is 1. The Morgan fingerprint density at radius 1 is 0.453 bits per heavy atom. The Morgan fingerprint density at radius 2 is 1.08 bits per heavy atom. The second-order valence-electron chi connectivity index (χ2n) is 14.4. The Balaban J connectivity index is 1.20. The van der Waals surface area contributed by atoms with Gasteiger partial charge in [-0.05, 0) is 118 Å². The average molecular weight is 677 g/mol. The van der Waals surface area contributed by atoms with Crippen molar-refractivity contribution in [3.8, 4) is 27.9 Å². The van der Waals surface area contributed by atoms with E-state index < -0.39 is 0 Å². The number of nitrogens with zero attached hydrogens (tertiary/aromatic N) is 2. The first-order valence-electron chi connectivity index (χ1n) is 18.4. The summed E-state index contributed by atoms with van der Waals surface area (Å²) >= 11 is 0. The molecule has 3 heteroatoms. The van der Waals surface area contributed by atoms with Crippen LogP contribution in [0.3, 0.4) is 0 Å². The number of rotatable bonds is 4. The van der Waals surface area contributed by atoms with Crippen molar-refractivity contribution < 1.29 is 4.42 Å². The molecule has 0 aliphatic heterocycles. The van der Waals surface area contributed by atoms with Gasteiger partial charge in [0.25, 0.3) is 0 Å². The normalized spacial score (nSPS) is 14.2. The molecular weight excluding hydrogens is 645 g/mol. The second kappa shape index (κ2) is 10.8. The van der Waals surface area contributed by atoms with Crippen molar-refractivity contribution in [1.82, 2.24) is 4.57 Å². The smallest absolute Gasteiger partial charge is 0.135 e. The highest BCUT2D eigenvalue weighted by Crippen LogP contribution is 2.54. The van der Waals surface area contributed by atoms with Gasteiger partial charge in [0, 0.05) is 50.2 Å². The molecule has 1 unspecified atom stereocenters. The first-order valence-corrected chi connectivity index (χ1v) is 18.4. The number of para-hydroxylation sites is 3. The summed E-state index contributed by atoms with van der Waals surface area (Å²) in [5.74, 6) is 0.235. The van der Waals surface area contributed by atoms with Gasteiger partial charge in [0.05, 0.1) is 11.0 Å². The molecule has 53 heavy (non-hydrogen) atoms. The zero-order valence-electron chi connectivity index (χ0n) is 28.8. The maximum atomic E-state index is 6.27. The lowest BCUT2D eigenvalue weighted by molar-refractivity contribution is 0.669. The topological polar surface area (TPSA) is 21.3 Å². The summed E-state index contributed by atoms with van der Waals surface area (Å²) in [4.78, 5) is 2.41. The molecule has 0 saturated heterocycles. The predicted molar refractivity (Wildman–Crippen MR) is 219 cm³/mol. The van der Waals surface area contributed by atoms with Crippen LogP contribution in [0.2, 0.25) is 0 Å². The number of benzene rings is 8. The van der Waals surface area contributed by atoms with Crippen molar-refractivity contribution in [3.05, 3.63) is 193 Å². The Morgan fingerprint density at radius 3 is 1.89 bits per heavy atom. The maximum Gasteiger partial charge on any atom is 0.135 e. The predicted octanol–water partition coefficient (Wildman–Crippen LogP) is 13.5. The van der Waals surface area contributed by atoms with Crippen LogP contribution in [0, 0.1) is 0 Å². The van der Waals surface area contributed by atoms with Crippen molar-refractivity contribution in [1.29, 1.82) is 0 Å². The molecule has 3 nitrogen and oxygen atoms in total. The summed E-state index contributed by atoms with van der Waals surface area (Å²) in [6.45, 7) is 0. The molecule has 4 bridgehead atoms. The Bertz CT molecular complexity index is 3060. The monoisotopic (exact) mass is 676 g/mol. The maximum absolute atomic E-state index is 6.27. The van der Waals surface area contributed by atoms with Crippen LogP contribution in [0.1, 0.15) is 22.6 Å². The molecular formula is C50H32N2O. The number of fused-ring (bicyclic) bond motifs is 5. The van der Waals surface area contributed by atoms with Gasteiger partial charge in [-0.3, -0.25) is 0 Å². The molecule has 0 radical (unpaired) electrons. The Kier molecular flexibility index (Phi) is 5.89. The zero-order valence-corrected chi connectivity index (χ0v) is 28.8. The highest BCUT2D eigenvalue weighted by atomic mass is 16.3. The Labute approximate surface area is 306 Å². The van der Waals surface area contributed by atoms with Crippen LogP contribution in [0.4, 0.5) is 17.1 Å². The summed E-state index contributed by atoms with van der Waals surface area (Å²) < 4.78 is 8.75. The van der Waals surface area contributed by atoms with Gasteiger partial charge < -0.3 is 13.9 Å². The van der Waals surface area contributed by atoms with E-state index in [1.54, 1.807) is 0 Å². The molecule has 12 rings (SSSR count). The average Bonchev–Trinajstić information content (AvgIpc) is 3.76. The van der Waals surface area contributed by atoms with E-state index in [0.717, 1.165) is 51.1 Å². The lowest BCUT2D eigenvalue weighted by atomic mass is 9.71. The molecule has 0 saturated carbocycles. The third-order valence-electron chi connectivity index (χ3n) is 11.7. The quantitative estimate of drug-likeness (QED) is 0.185. The van der Waals surface area contributed by atoms with E-state index in [-0.39, 0.29) is 5.92 Å². The van der Waals surface area contributed by atoms with Crippen LogP contribution in [-0.4, -0.2) is 4.57 Å². The van der Waals surface area contributed by atoms with Gasteiger partial charge in [0.15, 0.2) is 0 Å². The van der Waals surface area contributed by atoms with Crippen molar-refractivity contribution in [2.75, 3.05) is 4.90 Å². The summed E-state index contributed by atoms with van der Waals surface area (Å²) in [5.41, 5.74) is 18.3. The molecule has 0 fully saturated rings. The number of anilines is 3. The fourth-order valence-corrected chi connectivity index (χ4v) is 9.51. The highest BCUT2D eigenvalue weighted by Gasteiger charge is 2.34. The summed E-state index contributed by atoms with van der Waals surface area (Å²) in [6, 6.07) is 64.4. The van der Waals surface area contributed by atoms with Crippen molar-refractivity contribution in [2.45, 2.75) is 12.3 Å². The molecule has 2 aliphatic carbocycles. The van der Waals surface area contributed by atoms with Gasteiger partial charge in [-0.1, -0.05) is 103 Å². The Hall–Kier alpha value is -6.84. The number of furan rings is 1. The van der Waals surface area contributed by atoms with E-state index in [1.165, 1.54) is 60.8 Å². The van der Waals surface area contributed by atoms with Gasteiger partial charge in [0.1, 0.15) is 11.2 Å². The first kappa shape index (κ1) is 28.8. The second-order valence-corrected chi connectivity index (χ2v) is 14.4. The van der Waals surface area contributed by atoms with Crippen LogP contribution >= 0.6 is 0 Å². The molecule has 1 atom stereocenters. The molecule has 2 heterocycles. The molecule has 10 aromatic rings. The van der Waals surface area contributed by atoms with Crippen LogP contribution < -0.4 is 4.90 Å². The lowest BCUT2D eigenvalue weighted by Gasteiger charge is -2.34. The van der Waals surface area contributed by atoms with E-state index in [4.69, 9.17) is 4.42 Å². The van der Waals surface area contributed by atoms with Crippen LogP contribution in [0.5, 0.6) is 0 Å². The van der Waals surface area contributed by atoms with E-state index >= 15 is 0 Å². The van der Waals surface area contributed by atoms with Crippen LogP contribution in [0.25, 0.3) is 71.7 Å². The van der Waals surface area contributed by atoms with Gasteiger partial charge >= 0.3 is 0 Å². The van der Waals surface area contributed by atoms with E-state index in [0.29, 0.717) is 0 Å². The third-order valence-corrected chi connectivity index (χ3v) is 11.7. The third kappa shape index (κ3) is 4.05. The molecule has 8 aromatic carbocycles. The molecule has 2 aliphatic rings. The van der Waals surface area contributed by atoms with Crippen molar-refractivity contribution >= 4 is 60.8 Å². The van der Waals surface area contributed by atoms with E-state index in [2.05, 4.69) is 179 Å². The standard InChI is InChI=1S/C50H32N2O/c1-3-13-31(14-4-1)51(32-15-5-2-6-16-32)34-28-40-35-17-7-8-18-36(35)42-30-43(40)41(29-34)38-20-11-22-45-49(38)50-39(42)21-12-23-46(50)52(45)33-25-26-48-44(27-33)37-19-9-10-24-47(37)53-48/h1-29,42H,30H2. The highest BCUT2D eigenvalue weighted by molar-refractivity contribution is 6.19. The van der Waals surface area contributed by atoms with Gasteiger partial charge in [-0.25, -0.2) is 0 Å². The van der Waals surface area contributed by atoms with Gasteiger partial charge in [-0.15, -0.1) is 0 Å². The molecule has 248 valence electrons. The molecule has 0 spiro atoms. The molecule has 2 aromatic heterocycles. The van der Waals surface area contributed by atoms with Crippen molar-refractivity contribution in [3.63, 3.8) is 0 Å². The minimum absolute atomic E-state index is 0.235. The summed E-state index contributed by atoms with van der Waals surface area (Å²) in [6.07, 6.45) is 0.950.